The lowest BCUT2D eigenvalue weighted by molar-refractivity contribution is -0.197. The number of aromatic hydroxyl groups is 1. The molecule has 1 saturated carbocycles. The SMILES string of the molecule is O=C1C2ON(C3CCCCC3)C(c3cc(Br)ccc3O)C2C(=O)N1c1ccccc1. The fraction of sp³-hybridized carbons (Fsp3) is 0.391. The molecule has 6 nitrogen and oxygen atoms in total. The van der Waals surface area contributed by atoms with Crippen molar-refractivity contribution < 1.29 is 19.5 Å². The molecule has 1 N–H and O–H groups in total. The number of phenolic OH excluding ortho intramolecular Hbond substituents is 1. The molecule has 1 aliphatic carbocycles. The fourth-order valence-corrected chi connectivity index (χ4v) is 5.39. The maximum atomic E-state index is 13.5. The molecule has 3 aliphatic rings. The first-order valence-electron chi connectivity index (χ1n) is 10.4. The number of carbonyl (C=O) groups excluding carboxylic acids is 2. The van der Waals surface area contributed by atoms with Gasteiger partial charge >= 0.3 is 0 Å². The van der Waals surface area contributed by atoms with Gasteiger partial charge in [-0.25, -0.2) is 4.90 Å². The van der Waals surface area contributed by atoms with E-state index in [-0.39, 0.29) is 23.6 Å². The molecule has 3 fully saturated rings. The van der Waals surface area contributed by atoms with Crippen molar-refractivity contribution in [1.29, 1.82) is 0 Å². The van der Waals surface area contributed by atoms with Crippen LogP contribution in [0.2, 0.25) is 0 Å². The number of hydrogen-bond donors (Lipinski definition) is 1. The zero-order chi connectivity index (χ0) is 20.8. The lowest BCUT2D eigenvalue weighted by Gasteiger charge is -2.35. The highest BCUT2D eigenvalue weighted by Gasteiger charge is 2.61. The first-order valence-corrected chi connectivity index (χ1v) is 11.2. The highest BCUT2D eigenvalue weighted by atomic mass is 79.9. The van der Waals surface area contributed by atoms with Gasteiger partial charge in [0.2, 0.25) is 5.91 Å². The molecule has 5 rings (SSSR count). The Morgan fingerprint density at radius 2 is 1.70 bits per heavy atom. The third-order valence-corrected chi connectivity index (χ3v) is 6.90. The van der Waals surface area contributed by atoms with E-state index in [4.69, 9.17) is 4.84 Å². The van der Waals surface area contributed by atoms with Crippen molar-refractivity contribution in [3.8, 4) is 5.75 Å². The number of hydrogen-bond acceptors (Lipinski definition) is 5. The van der Waals surface area contributed by atoms with Crippen molar-refractivity contribution >= 4 is 33.4 Å². The molecule has 2 aliphatic heterocycles. The Kier molecular flexibility index (Phi) is 5.13. The normalized spacial score (nSPS) is 27.6. The van der Waals surface area contributed by atoms with Gasteiger partial charge in [-0.1, -0.05) is 53.4 Å². The molecule has 2 saturated heterocycles. The standard InChI is InChI=1S/C23H23BrN2O4/c24-14-11-12-18(27)17(13-14)20-19-21(30-26(20)16-9-5-2-6-10-16)23(29)25(22(19)28)15-7-3-1-4-8-15/h1,3-4,7-8,11-13,16,19-21,27H,2,5-6,9-10H2. The van der Waals surface area contributed by atoms with Crippen LogP contribution in [0.1, 0.15) is 43.7 Å². The summed E-state index contributed by atoms with van der Waals surface area (Å²) in [5, 5.41) is 12.5. The van der Waals surface area contributed by atoms with Crippen LogP contribution < -0.4 is 4.90 Å². The van der Waals surface area contributed by atoms with Gasteiger partial charge in [-0.15, -0.1) is 0 Å². The van der Waals surface area contributed by atoms with Gasteiger partial charge in [-0.3, -0.25) is 14.4 Å². The number of benzene rings is 2. The van der Waals surface area contributed by atoms with Crippen LogP contribution in [-0.2, 0) is 14.4 Å². The lowest BCUT2D eigenvalue weighted by atomic mass is 9.87. The quantitative estimate of drug-likeness (QED) is 0.675. The summed E-state index contributed by atoms with van der Waals surface area (Å²) in [6.45, 7) is 0. The second kappa shape index (κ2) is 7.80. The molecule has 2 aromatic rings. The van der Waals surface area contributed by atoms with E-state index in [1.807, 2.05) is 17.2 Å². The Labute approximate surface area is 183 Å². The zero-order valence-electron chi connectivity index (χ0n) is 16.4. The third-order valence-electron chi connectivity index (χ3n) is 6.40. The van der Waals surface area contributed by atoms with E-state index < -0.39 is 18.1 Å². The summed E-state index contributed by atoms with van der Waals surface area (Å²) in [5.41, 5.74) is 1.16. The van der Waals surface area contributed by atoms with Crippen molar-refractivity contribution in [3.05, 3.63) is 58.6 Å². The first-order chi connectivity index (χ1) is 14.6. The topological polar surface area (TPSA) is 70.1 Å². The smallest absolute Gasteiger partial charge is 0.265 e. The number of imide groups is 1. The Morgan fingerprint density at radius 1 is 0.967 bits per heavy atom. The number of para-hydroxylation sites is 1. The van der Waals surface area contributed by atoms with Crippen LogP contribution in [0.5, 0.6) is 5.75 Å². The van der Waals surface area contributed by atoms with E-state index in [1.165, 1.54) is 11.3 Å². The Hall–Kier alpha value is -2.22. The average Bonchev–Trinajstić information content (AvgIpc) is 3.27. The van der Waals surface area contributed by atoms with Crippen LogP contribution in [0.15, 0.2) is 53.0 Å². The molecule has 30 heavy (non-hydrogen) atoms. The van der Waals surface area contributed by atoms with Crippen LogP contribution in [-0.4, -0.2) is 34.1 Å². The maximum Gasteiger partial charge on any atom is 0.265 e. The van der Waals surface area contributed by atoms with Crippen LogP contribution in [0.25, 0.3) is 0 Å². The summed E-state index contributed by atoms with van der Waals surface area (Å²) in [6.07, 6.45) is 4.40. The highest BCUT2D eigenvalue weighted by molar-refractivity contribution is 9.10. The molecule has 0 spiro atoms. The molecular formula is C23H23BrN2O4. The van der Waals surface area contributed by atoms with Gasteiger partial charge in [0.15, 0.2) is 6.10 Å². The monoisotopic (exact) mass is 470 g/mol. The first kappa shape index (κ1) is 19.7. The highest BCUT2D eigenvalue weighted by Crippen LogP contribution is 2.50. The fourth-order valence-electron chi connectivity index (χ4n) is 5.01. The number of fused-ring (bicyclic) bond motifs is 1. The Morgan fingerprint density at radius 3 is 2.43 bits per heavy atom. The molecule has 2 heterocycles. The number of amides is 2. The molecule has 3 unspecified atom stereocenters. The minimum Gasteiger partial charge on any atom is -0.508 e. The van der Waals surface area contributed by atoms with Crippen LogP contribution in [0.4, 0.5) is 5.69 Å². The summed E-state index contributed by atoms with van der Waals surface area (Å²) < 4.78 is 0.805. The van der Waals surface area contributed by atoms with E-state index in [0.29, 0.717) is 11.3 Å². The Balaban J connectivity index is 1.57. The molecule has 2 aromatic carbocycles. The van der Waals surface area contributed by atoms with Crippen molar-refractivity contribution in [2.24, 2.45) is 5.92 Å². The van der Waals surface area contributed by atoms with Gasteiger partial charge in [-0.2, -0.15) is 5.06 Å². The Bertz CT molecular complexity index is 976. The summed E-state index contributed by atoms with van der Waals surface area (Å²) in [7, 11) is 0. The molecule has 156 valence electrons. The van der Waals surface area contributed by atoms with Crippen molar-refractivity contribution in [2.75, 3.05) is 4.90 Å². The van der Waals surface area contributed by atoms with E-state index in [1.54, 1.807) is 36.4 Å². The summed E-state index contributed by atoms with van der Waals surface area (Å²) >= 11 is 3.47. The largest absolute Gasteiger partial charge is 0.508 e. The lowest BCUT2D eigenvalue weighted by Crippen LogP contribution is -2.41. The number of anilines is 1. The number of halogens is 1. The summed E-state index contributed by atoms with van der Waals surface area (Å²) in [5.74, 6) is -1.21. The molecule has 2 amide bonds. The van der Waals surface area contributed by atoms with E-state index >= 15 is 0 Å². The van der Waals surface area contributed by atoms with Gasteiger partial charge in [0.25, 0.3) is 5.91 Å². The van der Waals surface area contributed by atoms with Gasteiger partial charge in [0.1, 0.15) is 5.75 Å². The van der Waals surface area contributed by atoms with Gasteiger partial charge in [0, 0.05) is 16.1 Å². The number of hydroxylamine groups is 2. The van der Waals surface area contributed by atoms with Crippen LogP contribution in [0.3, 0.4) is 0 Å². The predicted molar refractivity (Wildman–Crippen MR) is 115 cm³/mol. The van der Waals surface area contributed by atoms with Crippen molar-refractivity contribution in [2.45, 2.75) is 50.3 Å². The van der Waals surface area contributed by atoms with E-state index in [0.717, 1.165) is 30.2 Å². The van der Waals surface area contributed by atoms with Crippen LogP contribution in [0, 0.1) is 5.92 Å². The number of rotatable bonds is 3. The van der Waals surface area contributed by atoms with Gasteiger partial charge < -0.3 is 5.11 Å². The van der Waals surface area contributed by atoms with Gasteiger partial charge in [0.05, 0.1) is 17.6 Å². The second-order valence-corrected chi connectivity index (χ2v) is 9.11. The number of nitrogens with zero attached hydrogens (tertiary/aromatic N) is 2. The molecule has 0 aromatic heterocycles. The summed E-state index contributed by atoms with van der Waals surface area (Å²) in [6, 6.07) is 13.8. The zero-order valence-corrected chi connectivity index (χ0v) is 18.0. The summed E-state index contributed by atoms with van der Waals surface area (Å²) in [4.78, 5) is 34.2. The minimum atomic E-state index is -0.872. The number of phenols is 1. The minimum absolute atomic E-state index is 0.103. The maximum absolute atomic E-state index is 13.5. The molecule has 7 heteroatoms. The predicted octanol–water partition coefficient (Wildman–Crippen LogP) is 4.33. The third kappa shape index (κ3) is 3.16. The van der Waals surface area contributed by atoms with Crippen molar-refractivity contribution in [1.82, 2.24) is 5.06 Å². The van der Waals surface area contributed by atoms with Crippen molar-refractivity contribution in [3.63, 3.8) is 0 Å². The van der Waals surface area contributed by atoms with E-state index in [2.05, 4.69) is 15.9 Å². The molecule has 0 radical (unpaired) electrons. The second-order valence-electron chi connectivity index (χ2n) is 8.20. The van der Waals surface area contributed by atoms with Crippen LogP contribution >= 0.6 is 15.9 Å². The van der Waals surface area contributed by atoms with E-state index in [9.17, 15) is 14.7 Å². The molecular weight excluding hydrogens is 448 g/mol. The van der Waals surface area contributed by atoms with Gasteiger partial charge in [-0.05, 0) is 43.2 Å². The molecule has 0 bridgehead atoms. The average molecular weight is 471 g/mol. The molecule has 3 atom stereocenters. The number of carbonyl (C=O) groups is 2.